The Morgan fingerprint density at radius 1 is 1.09 bits per heavy atom. The normalized spacial score (nSPS) is 15.8. The SMILES string of the molecule is COc1ccc2c(c1)/C(=C\c1c(Cl)cccc1Cl)C(=O)CC2. The Morgan fingerprint density at radius 3 is 2.50 bits per heavy atom. The molecule has 0 radical (unpaired) electrons. The maximum Gasteiger partial charge on any atom is 0.163 e. The average molecular weight is 333 g/mol. The van der Waals surface area contributed by atoms with Gasteiger partial charge in [-0.25, -0.2) is 0 Å². The van der Waals surface area contributed by atoms with Gasteiger partial charge in [-0.3, -0.25) is 4.79 Å². The molecule has 2 nitrogen and oxygen atoms in total. The molecular weight excluding hydrogens is 319 g/mol. The maximum absolute atomic E-state index is 12.4. The minimum atomic E-state index is 0.0942. The monoisotopic (exact) mass is 332 g/mol. The highest BCUT2D eigenvalue weighted by atomic mass is 35.5. The summed E-state index contributed by atoms with van der Waals surface area (Å²) in [7, 11) is 1.61. The van der Waals surface area contributed by atoms with Gasteiger partial charge in [0.25, 0.3) is 0 Å². The second-order valence-electron chi connectivity index (χ2n) is 5.14. The standard InChI is InChI=1S/C18H14Cl2O2/c1-22-12-7-5-11-6-8-18(21)14(13(11)9-12)10-15-16(19)3-2-4-17(15)20/h2-5,7,9-10H,6,8H2,1H3/b14-10+. The minimum absolute atomic E-state index is 0.0942. The highest BCUT2D eigenvalue weighted by Crippen LogP contribution is 2.35. The van der Waals surface area contributed by atoms with Crippen LogP contribution < -0.4 is 4.74 Å². The van der Waals surface area contributed by atoms with E-state index in [1.54, 1.807) is 31.4 Å². The van der Waals surface area contributed by atoms with Crippen molar-refractivity contribution in [2.24, 2.45) is 0 Å². The fraction of sp³-hybridized carbons (Fsp3) is 0.167. The Balaban J connectivity index is 2.19. The van der Waals surface area contributed by atoms with E-state index in [1.165, 1.54) is 0 Å². The molecule has 0 amide bonds. The summed E-state index contributed by atoms with van der Waals surface area (Å²) in [6, 6.07) is 11.1. The first-order valence-electron chi connectivity index (χ1n) is 6.96. The zero-order chi connectivity index (χ0) is 15.7. The number of hydrogen-bond acceptors (Lipinski definition) is 2. The molecule has 0 N–H and O–H groups in total. The highest BCUT2D eigenvalue weighted by molar-refractivity contribution is 6.38. The molecule has 0 heterocycles. The number of fused-ring (bicyclic) bond motifs is 1. The summed E-state index contributed by atoms with van der Waals surface area (Å²) in [6.45, 7) is 0. The van der Waals surface area contributed by atoms with E-state index in [0.29, 0.717) is 27.6 Å². The molecule has 2 aromatic carbocycles. The number of benzene rings is 2. The predicted molar refractivity (Wildman–Crippen MR) is 90.7 cm³/mol. The van der Waals surface area contributed by atoms with Gasteiger partial charge in [0.05, 0.1) is 7.11 Å². The van der Waals surface area contributed by atoms with Gasteiger partial charge >= 0.3 is 0 Å². The number of halogens is 2. The van der Waals surface area contributed by atoms with E-state index in [2.05, 4.69) is 0 Å². The molecule has 0 aliphatic heterocycles. The molecule has 0 saturated carbocycles. The van der Waals surface area contributed by atoms with E-state index >= 15 is 0 Å². The van der Waals surface area contributed by atoms with Crippen LogP contribution in [0.5, 0.6) is 5.75 Å². The first-order chi connectivity index (χ1) is 10.6. The fourth-order valence-electron chi connectivity index (χ4n) is 2.64. The van der Waals surface area contributed by atoms with Crippen LogP contribution in [-0.2, 0) is 11.2 Å². The molecule has 4 heteroatoms. The van der Waals surface area contributed by atoms with Crippen molar-refractivity contribution in [1.82, 2.24) is 0 Å². The van der Waals surface area contributed by atoms with Gasteiger partial charge in [-0.2, -0.15) is 0 Å². The Hall–Kier alpha value is -1.77. The van der Waals surface area contributed by atoms with Crippen molar-refractivity contribution in [1.29, 1.82) is 0 Å². The first-order valence-corrected chi connectivity index (χ1v) is 7.72. The summed E-state index contributed by atoms with van der Waals surface area (Å²) >= 11 is 12.4. The third-order valence-corrected chi connectivity index (χ3v) is 4.48. The lowest BCUT2D eigenvalue weighted by molar-refractivity contribution is -0.113. The molecule has 112 valence electrons. The number of carbonyl (C=O) groups is 1. The van der Waals surface area contributed by atoms with Gasteiger partial charge in [-0.05, 0) is 47.9 Å². The molecule has 2 aromatic rings. The summed E-state index contributed by atoms with van der Waals surface area (Å²) in [5.41, 5.74) is 3.33. The Bertz CT molecular complexity index is 758. The molecule has 0 fully saturated rings. The Labute approximate surface area is 139 Å². The number of methoxy groups -OCH3 is 1. The third-order valence-electron chi connectivity index (χ3n) is 3.82. The fourth-order valence-corrected chi connectivity index (χ4v) is 3.14. The Morgan fingerprint density at radius 2 is 1.82 bits per heavy atom. The van der Waals surface area contributed by atoms with Crippen molar-refractivity contribution in [2.75, 3.05) is 7.11 Å². The lowest BCUT2D eigenvalue weighted by Gasteiger charge is -2.19. The molecule has 22 heavy (non-hydrogen) atoms. The van der Waals surface area contributed by atoms with Gasteiger partial charge in [0.1, 0.15) is 5.75 Å². The molecule has 1 aliphatic rings. The van der Waals surface area contributed by atoms with Crippen LogP contribution in [0.25, 0.3) is 11.6 Å². The molecule has 0 saturated heterocycles. The first kappa shape index (κ1) is 15.1. The second-order valence-corrected chi connectivity index (χ2v) is 5.95. The molecule has 1 aliphatic carbocycles. The molecule has 3 rings (SSSR count). The maximum atomic E-state index is 12.4. The summed E-state index contributed by atoms with van der Waals surface area (Å²) in [4.78, 5) is 12.4. The summed E-state index contributed by atoms with van der Waals surface area (Å²) in [5.74, 6) is 0.821. The van der Waals surface area contributed by atoms with E-state index < -0.39 is 0 Å². The lowest BCUT2D eigenvalue weighted by Crippen LogP contribution is -2.12. The van der Waals surface area contributed by atoms with Crippen molar-refractivity contribution in [3.05, 3.63) is 63.1 Å². The largest absolute Gasteiger partial charge is 0.497 e. The van der Waals surface area contributed by atoms with Crippen molar-refractivity contribution in [2.45, 2.75) is 12.8 Å². The second kappa shape index (κ2) is 6.15. The predicted octanol–water partition coefficient (Wildman–Crippen LogP) is 5.06. The van der Waals surface area contributed by atoms with Gasteiger partial charge in [-0.1, -0.05) is 35.3 Å². The number of aryl methyl sites for hydroxylation is 1. The zero-order valence-electron chi connectivity index (χ0n) is 12.0. The van der Waals surface area contributed by atoms with E-state index in [1.807, 2.05) is 18.2 Å². The van der Waals surface area contributed by atoms with E-state index in [4.69, 9.17) is 27.9 Å². The average Bonchev–Trinajstić information content (AvgIpc) is 2.52. The van der Waals surface area contributed by atoms with Crippen LogP contribution >= 0.6 is 23.2 Å². The number of ketones is 1. The smallest absolute Gasteiger partial charge is 0.163 e. The van der Waals surface area contributed by atoms with Crippen LogP contribution in [0.15, 0.2) is 36.4 Å². The van der Waals surface area contributed by atoms with Crippen LogP contribution in [0.1, 0.15) is 23.1 Å². The lowest BCUT2D eigenvalue weighted by atomic mass is 9.85. The zero-order valence-corrected chi connectivity index (χ0v) is 13.5. The van der Waals surface area contributed by atoms with Crippen LogP contribution in [0.4, 0.5) is 0 Å². The van der Waals surface area contributed by atoms with Gasteiger partial charge in [-0.15, -0.1) is 0 Å². The van der Waals surface area contributed by atoms with Gasteiger partial charge < -0.3 is 4.74 Å². The van der Waals surface area contributed by atoms with Crippen LogP contribution in [0.2, 0.25) is 10.0 Å². The van der Waals surface area contributed by atoms with Crippen LogP contribution in [0, 0.1) is 0 Å². The van der Waals surface area contributed by atoms with Crippen LogP contribution in [0.3, 0.4) is 0 Å². The summed E-state index contributed by atoms with van der Waals surface area (Å²) in [6.07, 6.45) is 3.02. The molecule has 0 aromatic heterocycles. The number of carbonyl (C=O) groups excluding carboxylic acids is 1. The third kappa shape index (κ3) is 2.77. The summed E-state index contributed by atoms with van der Waals surface area (Å²) in [5, 5.41) is 1.06. The van der Waals surface area contributed by atoms with E-state index in [9.17, 15) is 4.79 Å². The Kier molecular flexibility index (Phi) is 4.23. The topological polar surface area (TPSA) is 26.3 Å². The van der Waals surface area contributed by atoms with Gasteiger partial charge in [0, 0.05) is 27.6 Å². The quantitative estimate of drug-likeness (QED) is 0.718. The highest BCUT2D eigenvalue weighted by Gasteiger charge is 2.22. The molecule has 0 spiro atoms. The number of allylic oxidation sites excluding steroid dienone is 1. The van der Waals surface area contributed by atoms with Crippen LogP contribution in [-0.4, -0.2) is 12.9 Å². The molecule has 0 atom stereocenters. The number of Topliss-reactive ketones (excluding diaryl/α,β-unsaturated/α-hetero) is 1. The van der Waals surface area contributed by atoms with Crippen molar-refractivity contribution >= 4 is 40.6 Å². The van der Waals surface area contributed by atoms with Crippen molar-refractivity contribution in [3.63, 3.8) is 0 Å². The summed E-state index contributed by atoms with van der Waals surface area (Å²) < 4.78 is 5.27. The van der Waals surface area contributed by atoms with Gasteiger partial charge in [0.15, 0.2) is 5.78 Å². The molecule has 0 bridgehead atoms. The van der Waals surface area contributed by atoms with E-state index in [0.717, 1.165) is 23.3 Å². The number of hydrogen-bond donors (Lipinski definition) is 0. The van der Waals surface area contributed by atoms with Crippen molar-refractivity contribution in [3.8, 4) is 5.75 Å². The molecule has 0 unspecified atom stereocenters. The number of rotatable bonds is 2. The van der Waals surface area contributed by atoms with Gasteiger partial charge in [0.2, 0.25) is 0 Å². The minimum Gasteiger partial charge on any atom is -0.497 e. The molecular formula is C18H14Cl2O2. The number of ether oxygens (including phenoxy) is 1. The van der Waals surface area contributed by atoms with Crippen molar-refractivity contribution < 1.29 is 9.53 Å². The van der Waals surface area contributed by atoms with E-state index in [-0.39, 0.29) is 5.78 Å².